The molecule has 1 fully saturated rings. The van der Waals surface area contributed by atoms with Crippen LogP contribution in [0.5, 0.6) is 0 Å². The molecule has 2 heterocycles. The summed E-state index contributed by atoms with van der Waals surface area (Å²) < 4.78 is 34.3. The molecule has 0 aromatic carbocycles. The molecule has 2 rings (SSSR count). The first-order chi connectivity index (χ1) is 8.30. The highest BCUT2D eigenvalue weighted by molar-refractivity contribution is 7.87. The summed E-state index contributed by atoms with van der Waals surface area (Å²) in [7, 11) is -4.84. The molecule has 1 unspecified atom stereocenters. The van der Waals surface area contributed by atoms with Gasteiger partial charge < -0.3 is 15.6 Å². The number of nitrogens with one attached hydrogen (secondary N) is 1. The van der Waals surface area contributed by atoms with Gasteiger partial charge in [-0.2, -0.15) is 8.42 Å². The molecule has 10 heteroatoms. The standard InChI is InChI=1S/C8H9FN4O4S/c9-18(16,17)4-1-5(14)13(2-4)6-7(10)11-3-12-8(6)15/h3-4H,1-2H2,(H3,10,11,12,15). The molecule has 18 heavy (non-hydrogen) atoms. The second-order valence-electron chi connectivity index (χ2n) is 3.77. The van der Waals surface area contributed by atoms with E-state index >= 15 is 0 Å². The number of nitrogen functional groups attached to an aromatic ring is 1. The Labute approximate surface area is 101 Å². The van der Waals surface area contributed by atoms with Crippen molar-refractivity contribution in [2.75, 3.05) is 17.2 Å². The third kappa shape index (κ3) is 2.06. The van der Waals surface area contributed by atoms with Crippen molar-refractivity contribution < 1.29 is 17.1 Å². The molecular formula is C8H9FN4O4S. The van der Waals surface area contributed by atoms with Crippen LogP contribution in [0.25, 0.3) is 0 Å². The third-order valence-corrected chi connectivity index (χ3v) is 3.73. The Morgan fingerprint density at radius 3 is 2.67 bits per heavy atom. The molecular weight excluding hydrogens is 267 g/mol. The number of rotatable bonds is 2. The highest BCUT2D eigenvalue weighted by atomic mass is 32.3. The van der Waals surface area contributed by atoms with Gasteiger partial charge in [-0.1, -0.05) is 0 Å². The van der Waals surface area contributed by atoms with Crippen LogP contribution in [0.4, 0.5) is 15.4 Å². The van der Waals surface area contributed by atoms with E-state index in [2.05, 4.69) is 9.97 Å². The first kappa shape index (κ1) is 12.5. The van der Waals surface area contributed by atoms with E-state index in [9.17, 15) is 21.9 Å². The van der Waals surface area contributed by atoms with Crippen LogP contribution < -0.4 is 16.2 Å². The smallest absolute Gasteiger partial charge is 0.307 e. The molecule has 0 spiro atoms. The van der Waals surface area contributed by atoms with E-state index in [0.717, 1.165) is 11.2 Å². The molecule has 0 aliphatic carbocycles. The number of carbonyl (C=O) groups is 1. The molecule has 1 aromatic rings. The maximum atomic E-state index is 12.8. The van der Waals surface area contributed by atoms with Gasteiger partial charge in [-0.3, -0.25) is 9.59 Å². The monoisotopic (exact) mass is 276 g/mol. The molecule has 1 amide bonds. The lowest BCUT2D eigenvalue weighted by molar-refractivity contribution is -0.117. The van der Waals surface area contributed by atoms with Crippen LogP contribution in [0, 0.1) is 0 Å². The predicted molar refractivity (Wildman–Crippen MR) is 60.1 cm³/mol. The van der Waals surface area contributed by atoms with Crippen LogP contribution in [-0.4, -0.2) is 36.1 Å². The summed E-state index contributed by atoms with van der Waals surface area (Å²) in [6.45, 7) is -0.448. The van der Waals surface area contributed by atoms with Crippen molar-refractivity contribution in [3.63, 3.8) is 0 Å². The number of anilines is 2. The van der Waals surface area contributed by atoms with Crippen molar-refractivity contribution >= 4 is 27.6 Å². The Balaban J connectivity index is 2.42. The SMILES string of the molecule is Nc1nc[nH]c(=O)c1N1CC(S(=O)(=O)F)CC1=O. The fraction of sp³-hybridized carbons (Fsp3) is 0.375. The van der Waals surface area contributed by atoms with Crippen LogP contribution >= 0.6 is 0 Å². The summed E-state index contributed by atoms with van der Waals surface area (Å²) >= 11 is 0. The summed E-state index contributed by atoms with van der Waals surface area (Å²) in [5, 5.41) is -1.48. The van der Waals surface area contributed by atoms with Gasteiger partial charge >= 0.3 is 10.2 Å². The number of amides is 1. The summed E-state index contributed by atoms with van der Waals surface area (Å²) in [4.78, 5) is 29.7. The van der Waals surface area contributed by atoms with Crippen molar-refractivity contribution in [2.24, 2.45) is 0 Å². The number of halogens is 1. The van der Waals surface area contributed by atoms with E-state index in [1.165, 1.54) is 0 Å². The second-order valence-corrected chi connectivity index (χ2v) is 5.39. The van der Waals surface area contributed by atoms with Crippen LogP contribution in [-0.2, 0) is 15.0 Å². The molecule has 8 nitrogen and oxygen atoms in total. The number of aromatic nitrogens is 2. The van der Waals surface area contributed by atoms with Gasteiger partial charge in [0.05, 0.1) is 6.33 Å². The Hall–Kier alpha value is -1.97. The maximum absolute atomic E-state index is 12.8. The van der Waals surface area contributed by atoms with Crippen LogP contribution in [0.2, 0.25) is 0 Å². The van der Waals surface area contributed by atoms with Gasteiger partial charge in [-0.25, -0.2) is 4.98 Å². The normalized spacial score (nSPS) is 20.4. The minimum absolute atomic E-state index is 0.219. The molecule has 0 radical (unpaired) electrons. The first-order valence-electron chi connectivity index (χ1n) is 4.87. The summed E-state index contributed by atoms with van der Waals surface area (Å²) in [6.07, 6.45) is 0.525. The van der Waals surface area contributed by atoms with E-state index in [-0.39, 0.29) is 11.5 Å². The summed E-state index contributed by atoms with van der Waals surface area (Å²) in [5.41, 5.74) is 4.51. The van der Waals surface area contributed by atoms with E-state index in [1.807, 2.05) is 0 Å². The Morgan fingerprint density at radius 1 is 1.50 bits per heavy atom. The van der Waals surface area contributed by atoms with Gasteiger partial charge in [0, 0.05) is 13.0 Å². The van der Waals surface area contributed by atoms with Crippen molar-refractivity contribution in [3.05, 3.63) is 16.7 Å². The minimum atomic E-state index is -4.84. The van der Waals surface area contributed by atoms with Crippen molar-refractivity contribution in [2.45, 2.75) is 11.7 Å². The van der Waals surface area contributed by atoms with E-state index in [1.54, 1.807) is 0 Å². The molecule has 1 aromatic heterocycles. The Morgan fingerprint density at radius 2 is 2.17 bits per heavy atom. The molecule has 1 atom stereocenters. The van der Waals surface area contributed by atoms with E-state index < -0.39 is 39.9 Å². The molecule has 1 aliphatic heterocycles. The minimum Gasteiger partial charge on any atom is -0.382 e. The molecule has 1 saturated heterocycles. The fourth-order valence-electron chi connectivity index (χ4n) is 1.75. The number of nitrogens with zero attached hydrogens (tertiary/aromatic N) is 2. The predicted octanol–water partition coefficient (Wildman–Crippen LogP) is -1.24. The molecule has 1 aliphatic rings. The van der Waals surface area contributed by atoms with Crippen molar-refractivity contribution in [1.82, 2.24) is 9.97 Å². The largest absolute Gasteiger partial charge is 0.382 e. The quantitative estimate of drug-likeness (QED) is 0.650. The maximum Gasteiger partial charge on any atom is 0.307 e. The van der Waals surface area contributed by atoms with Crippen LogP contribution in [0.3, 0.4) is 0 Å². The van der Waals surface area contributed by atoms with Gasteiger partial charge in [0.1, 0.15) is 5.25 Å². The Bertz CT molecular complexity index is 655. The van der Waals surface area contributed by atoms with E-state index in [0.29, 0.717) is 0 Å². The number of hydrogen-bond donors (Lipinski definition) is 2. The lowest BCUT2D eigenvalue weighted by atomic mass is 10.4. The average Bonchev–Trinajstić information content (AvgIpc) is 2.60. The lowest BCUT2D eigenvalue weighted by Crippen LogP contribution is -2.33. The number of hydrogen-bond acceptors (Lipinski definition) is 6. The van der Waals surface area contributed by atoms with Gasteiger partial charge in [0.2, 0.25) is 5.91 Å². The van der Waals surface area contributed by atoms with Crippen LogP contribution in [0.15, 0.2) is 11.1 Å². The number of nitrogens with two attached hydrogens (primary N) is 1. The molecule has 0 bridgehead atoms. The zero-order valence-electron chi connectivity index (χ0n) is 8.96. The number of carbonyl (C=O) groups excluding carboxylic acids is 1. The van der Waals surface area contributed by atoms with Crippen molar-refractivity contribution in [3.8, 4) is 0 Å². The van der Waals surface area contributed by atoms with Crippen molar-refractivity contribution in [1.29, 1.82) is 0 Å². The van der Waals surface area contributed by atoms with Gasteiger partial charge in [-0.15, -0.1) is 3.89 Å². The van der Waals surface area contributed by atoms with Gasteiger partial charge in [0.25, 0.3) is 5.56 Å². The number of H-pyrrole nitrogens is 1. The third-order valence-electron chi connectivity index (χ3n) is 2.61. The first-order valence-corrected chi connectivity index (χ1v) is 6.32. The lowest BCUT2D eigenvalue weighted by Gasteiger charge is -2.15. The van der Waals surface area contributed by atoms with Gasteiger partial charge in [-0.05, 0) is 0 Å². The fourth-order valence-corrected chi connectivity index (χ4v) is 2.42. The second kappa shape index (κ2) is 4.05. The van der Waals surface area contributed by atoms with Crippen LogP contribution in [0.1, 0.15) is 6.42 Å². The molecule has 98 valence electrons. The Kier molecular flexibility index (Phi) is 2.81. The highest BCUT2D eigenvalue weighted by Crippen LogP contribution is 2.25. The zero-order valence-corrected chi connectivity index (χ0v) is 9.78. The summed E-state index contributed by atoms with van der Waals surface area (Å²) in [5.74, 6) is -0.907. The average molecular weight is 276 g/mol. The zero-order chi connectivity index (χ0) is 13.5. The van der Waals surface area contributed by atoms with E-state index in [4.69, 9.17) is 5.73 Å². The summed E-state index contributed by atoms with van der Waals surface area (Å²) in [6, 6.07) is 0. The topological polar surface area (TPSA) is 126 Å². The molecule has 3 N–H and O–H groups in total. The number of aromatic amines is 1. The van der Waals surface area contributed by atoms with Gasteiger partial charge in [0.15, 0.2) is 11.5 Å². The molecule has 0 saturated carbocycles. The highest BCUT2D eigenvalue weighted by Gasteiger charge is 2.40.